The van der Waals surface area contributed by atoms with Gasteiger partial charge in [0.25, 0.3) is 0 Å². The fourth-order valence-corrected chi connectivity index (χ4v) is 3.53. The van der Waals surface area contributed by atoms with Gasteiger partial charge in [-0.1, -0.05) is 45.1 Å². The number of rotatable bonds is 15. The molecule has 0 rings (SSSR count). The van der Waals surface area contributed by atoms with Gasteiger partial charge in [-0.15, -0.1) is 0 Å². The zero-order valence-electron chi connectivity index (χ0n) is 15.8. The van der Waals surface area contributed by atoms with E-state index >= 15 is 0 Å². The molecule has 0 unspecified atom stereocenters. The van der Waals surface area contributed by atoms with Gasteiger partial charge >= 0.3 is 14.5 Å². The van der Waals surface area contributed by atoms with Crippen LogP contribution in [0.3, 0.4) is 0 Å². The molecule has 0 fully saturated rings. The molecule has 5 nitrogen and oxygen atoms in total. The van der Waals surface area contributed by atoms with Crippen molar-refractivity contribution < 1.29 is 23.2 Å². The molecule has 140 valence electrons. The first kappa shape index (κ1) is 23.0. The quantitative estimate of drug-likeness (QED) is 0.191. The minimum atomic E-state index is -2.59. The number of carbonyl (C=O) groups excluding carboxylic acids is 2. The first-order valence-corrected chi connectivity index (χ1v) is 11.1. The molecule has 0 aromatic carbocycles. The highest BCUT2D eigenvalue weighted by atomic mass is 28.4. The molecule has 0 atom stereocenters. The third-order valence-electron chi connectivity index (χ3n) is 4.17. The first-order valence-electron chi connectivity index (χ1n) is 8.83. The highest BCUT2D eigenvalue weighted by Crippen LogP contribution is 2.14. The maximum absolute atomic E-state index is 12.0. The van der Waals surface area contributed by atoms with E-state index in [1.807, 2.05) is 0 Å². The van der Waals surface area contributed by atoms with Crippen molar-refractivity contribution >= 4 is 19.9 Å². The van der Waals surface area contributed by atoms with Crippen LogP contribution >= 0.6 is 0 Å². The lowest BCUT2D eigenvalue weighted by atomic mass is 10.1. The number of hydrogen-bond donors (Lipinski definition) is 0. The number of unbranched alkanes of at least 4 members (excludes halogenated alkanes) is 7. The van der Waals surface area contributed by atoms with Gasteiger partial charge in [0, 0.05) is 26.2 Å². The van der Waals surface area contributed by atoms with Gasteiger partial charge in [0.1, 0.15) is 0 Å². The van der Waals surface area contributed by atoms with E-state index in [9.17, 15) is 9.59 Å². The van der Waals surface area contributed by atoms with Crippen molar-refractivity contribution in [3.8, 4) is 0 Å². The molecule has 0 aromatic heterocycles. The van der Waals surface area contributed by atoms with E-state index in [1.165, 1.54) is 12.8 Å². The second-order valence-corrected chi connectivity index (χ2v) is 9.54. The molecular formula is C18H34O5Si. The largest absolute Gasteiger partial charge is 0.462 e. The zero-order chi connectivity index (χ0) is 18.4. The number of esters is 1. The third-order valence-corrected chi connectivity index (χ3v) is 6.99. The van der Waals surface area contributed by atoms with Crippen LogP contribution in [0.15, 0.2) is 12.2 Å². The lowest BCUT2D eigenvalue weighted by Crippen LogP contribution is -2.45. The highest BCUT2D eigenvalue weighted by molar-refractivity contribution is 6.96. The molecule has 24 heavy (non-hydrogen) atoms. The summed E-state index contributed by atoms with van der Waals surface area (Å²) in [5, 5.41) is 0.136. The minimum absolute atomic E-state index is 0.136. The molecule has 0 aliphatic heterocycles. The van der Waals surface area contributed by atoms with Crippen LogP contribution in [0.4, 0.5) is 0 Å². The predicted molar refractivity (Wildman–Crippen MR) is 98.0 cm³/mol. The molecule has 0 bridgehead atoms. The first-order chi connectivity index (χ1) is 11.4. The van der Waals surface area contributed by atoms with E-state index in [1.54, 1.807) is 27.7 Å². The summed E-state index contributed by atoms with van der Waals surface area (Å²) in [5.41, 5.74) is 0.451. The van der Waals surface area contributed by atoms with Gasteiger partial charge in [0.2, 0.25) is 0 Å². The molecule has 0 aliphatic carbocycles. The molecule has 0 saturated heterocycles. The normalized spacial score (nSPS) is 11.3. The smallest absolute Gasteiger partial charge is 0.406 e. The van der Waals surface area contributed by atoms with Crippen LogP contribution in [0.2, 0.25) is 6.55 Å². The predicted octanol–water partition coefficient (Wildman–Crippen LogP) is 4.09. The summed E-state index contributed by atoms with van der Waals surface area (Å²) in [6.07, 6.45) is 9.19. The van der Waals surface area contributed by atoms with Crippen molar-refractivity contribution in [1.29, 1.82) is 0 Å². The highest BCUT2D eigenvalue weighted by Gasteiger charge is 2.37. The molecular weight excluding hydrogens is 324 g/mol. The third kappa shape index (κ3) is 10.0. The Kier molecular flexibility index (Phi) is 12.8. The molecule has 0 amide bonds. The Hall–Kier alpha value is -0.983. The van der Waals surface area contributed by atoms with Crippen molar-refractivity contribution in [2.24, 2.45) is 0 Å². The summed E-state index contributed by atoms with van der Waals surface area (Å²) in [5.74, 6) is -0.300. The van der Waals surface area contributed by atoms with Gasteiger partial charge in [0.05, 0.1) is 6.61 Å². The van der Waals surface area contributed by atoms with Crippen molar-refractivity contribution in [3.63, 3.8) is 0 Å². The standard InChI is InChI=1S/C18H34O5Si/c1-16(2)18(20)23-15-13-11-9-7-6-8-10-12-14-17(19)24(5,21-3)22-4/h1,6-15H2,2-5H3. The SMILES string of the molecule is C=C(C)C(=O)OCCCCCCCCCCC(=O)[Si](C)(OC)OC. The number of carbonyl (C=O) groups is 2. The van der Waals surface area contributed by atoms with Crippen molar-refractivity contribution in [1.82, 2.24) is 0 Å². The Labute approximate surface area is 148 Å². The molecule has 0 radical (unpaired) electrons. The van der Waals surface area contributed by atoms with Crippen LogP contribution in [0, 0.1) is 0 Å². The molecule has 0 saturated carbocycles. The van der Waals surface area contributed by atoms with E-state index in [0.717, 1.165) is 38.5 Å². The van der Waals surface area contributed by atoms with Crippen LogP contribution < -0.4 is 0 Å². The average Bonchev–Trinajstić information content (AvgIpc) is 2.58. The van der Waals surface area contributed by atoms with E-state index in [0.29, 0.717) is 18.6 Å². The van der Waals surface area contributed by atoms with Crippen LogP contribution in [-0.4, -0.2) is 40.8 Å². The topological polar surface area (TPSA) is 61.8 Å². The van der Waals surface area contributed by atoms with Crippen LogP contribution in [-0.2, 0) is 23.2 Å². The van der Waals surface area contributed by atoms with Crippen molar-refractivity contribution in [2.45, 2.75) is 71.3 Å². The Morgan fingerprint density at radius 3 is 1.79 bits per heavy atom. The average molecular weight is 359 g/mol. The van der Waals surface area contributed by atoms with Crippen molar-refractivity contribution in [3.05, 3.63) is 12.2 Å². The maximum Gasteiger partial charge on any atom is 0.406 e. The monoisotopic (exact) mass is 358 g/mol. The van der Waals surface area contributed by atoms with E-state index in [4.69, 9.17) is 13.6 Å². The fourth-order valence-electron chi connectivity index (χ4n) is 2.27. The van der Waals surface area contributed by atoms with Gasteiger partial charge in [-0.2, -0.15) is 0 Å². The molecule has 0 spiro atoms. The van der Waals surface area contributed by atoms with Crippen LogP contribution in [0.1, 0.15) is 64.7 Å². The Bertz CT molecular complexity index is 391. The summed E-state index contributed by atoms with van der Waals surface area (Å²) in [7, 11) is 0.507. The number of ether oxygens (including phenoxy) is 1. The molecule has 0 heterocycles. The van der Waals surface area contributed by atoms with E-state index in [2.05, 4.69) is 6.58 Å². The second-order valence-electron chi connectivity index (χ2n) is 6.27. The Balaban J connectivity index is 3.45. The van der Waals surface area contributed by atoms with Gasteiger partial charge in [-0.3, -0.25) is 4.79 Å². The van der Waals surface area contributed by atoms with Gasteiger partial charge in [-0.25, -0.2) is 4.79 Å². The minimum Gasteiger partial charge on any atom is -0.462 e. The summed E-state index contributed by atoms with van der Waals surface area (Å²) in [6.45, 7) is 7.48. The van der Waals surface area contributed by atoms with Gasteiger partial charge in [-0.05, 0) is 26.3 Å². The molecule has 6 heteroatoms. The lowest BCUT2D eigenvalue weighted by molar-refractivity contribution is -0.139. The van der Waals surface area contributed by atoms with Gasteiger partial charge in [0.15, 0.2) is 5.41 Å². The van der Waals surface area contributed by atoms with E-state index < -0.39 is 8.56 Å². The maximum atomic E-state index is 12.0. The Morgan fingerprint density at radius 1 is 0.875 bits per heavy atom. The summed E-state index contributed by atoms with van der Waals surface area (Å²) in [4.78, 5) is 23.2. The molecule has 0 N–H and O–H groups in total. The second kappa shape index (κ2) is 13.3. The number of hydrogen-bond acceptors (Lipinski definition) is 5. The summed E-state index contributed by atoms with van der Waals surface area (Å²) in [6, 6.07) is 0. The molecule has 0 aromatic rings. The van der Waals surface area contributed by atoms with Crippen LogP contribution in [0.25, 0.3) is 0 Å². The lowest BCUT2D eigenvalue weighted by Gasteiger charge is -2.20. The van der Waals surface area contributed by atoms with Gasteiger partial charge < -0.3 is 13.6 Å². The van der Waals surface area contributed by atoms with Crippen LogP contribution in [0.5, 0.6) is 0 Å². The summed E-state index contributed by atoms with van der Waals surface area (Å²) < 4.78 is 15.5. The Morgan fingerprint density at radius 2 is 1.33 bits per heavy atom. The zero-order valence-corrected chi connectivity index (χ0v) is 16.8. The van der Waals surface area contributed by atoms with Crippen molar-refractivity contribution in [2.75, 3.05) is 20.8 Å². The van der Waals surface area contributed by atoms with E-state index in [-0.39, 0.29) is 11.4 Å². The summed E-state index contributed by atoms with van der Waals surface area (Å²) >= 11 is 0. The molecule has 0 aliphatic rings. The fraction of sp³-hybridized carbons (Fsp3) is 0.778.